The molecule has 0 fully saturated rings. The van der Waals surface area contributed by atoms with Crippen molar-refractivity contribution in [2.75, 3.05) is 12.4 Å². The summed E-state index contributed by atoms with van der Waals surface area (Å²) in [4.78, 5) is 4.87. The third-order valence-electron chi connectivity index (χ3n) is 5.90. The highest BCUT2D eigenvalue weighted by molar-refractivity contribution is 7.99. The van der Waals surface area contributed by atoms with Gasteiger partial charge in [-0.05, 0) is 41.7 Å². The van der Waals surface area contributed by atoms with Crippen molar-refractivity contribution < 1.29 is 4.74 Å². The van der Waals surface area contributed by atoms with E-state index in [2.05, 4.69) is 32.0 Å². The van der Waals surface area contributed by atoms with Crippen LogP contribution in [0.2, 0.25) is 0 Å². The quantitative estimate of drug-likeness (QED) is 0.186. The van der Waals surface area contributed by atoms with E-state index in [0.29, 0.717) is 23.8 Å². The highest BCUT2D eigenvalue weighted by Gasteiger charge is 2.16. The SMILES string of the molecule is CCC(C)c1ccc(OCCSc2nc(-c3ccccc3)cc(-c3ccccc3)c2C#N)cc1. The van der Waals surface area contributed by atoms with E-state index in [4.69, 9.17) is 9.72 Å². The molecule has 170 valence electrons. The Morgan fingerprint density at radius 3 is 2.18 bits per heavy atom. The summed E-state index contributed by atoms with van der Waals surface area (Å²) >= 11 is 1.56. The molecule has 0 aliphatic rings. The maximum atomic E-state index is 10.0. The van der Waals surface area contributed by atoms with Gasteiger partial charge in [0, 0.05) is 16.9 Å². The first-order valence-corrected chi connectivity index (χ1v) is 12.6. The molecule has 4 aromatic rings. The van der Waals surface area contributed by atoms with Crippen LogP contribution in [0, 0.1) is 11.3 Å². The Bertz CT molecular complexity index is 1250. The Morgan fingerprint density at radius 2 is 1.56 bits per heavy atom. The summed E-state index contributed by atoms with van der Waals surface area (Å²) in [5, 5.41) is 10.7. The zero-order chi connectivity index (χ0) is 23.8. The van der Waals surface area contributed by atoms with Crippen LogP contribution in [0.25, 0.3) is 22.4 Å². The third-order valence-corrected chi connectivity index (χ3v) is 6.84. The first-order chi connectivity index (χ1) is 16.7. The molecule has 0 amide bonds. The van der Waals surface area contributed by atoms with Gasteiger partial charge in [0.05, 0.1) is 17.9 Å². The number of pyridine rings is 1. The van der Waals surface area contributed by atoms with Crippen molar-refractivity contribution in [3.8, 4) is 34.2 Å². The fourth-order valence-corrected chi connectivity index (χ4v) is 4.59. The first kappa shape index (κ1) is 23.6. The molecule has 0 aliphatic carbocycles. The molecule has 3 nitrogen and oxygen atoms in total. The van der Waals surface area contributed by atoms with Crippen molar-refractivity contribution in [2.24, 2.45) is 0 Å². The number of nitriles is 1. The van der Waals surface area contributed by atoms with Gasteiger partial charge in [-0.25, -0.2) is 4.98 Å². The van der Waals surface area contributed by atoms with Crippen LogP contribution in [-0.2, 0) is 0 Å². The minimum atomic E-state index is 0.538. The van der Waals surface area contributed by atoms with Gasteiger partial charge in [-0.3, -0.25) is 0 Å². The Morgan fingerprint density at radius 1 is 0.912 bits per heavy atom. The molecular formula is C30H28N2OS. The molecule has 3 aromatic carbocycles. The van der Waals surface area contributed by atoms with Crippen molar-refractivity contribution in [3.05, 3.63) is 102 Å². The summed E-state index contributed by atoms with van der Waals surface area (Å²) in [5.41, 5.74) is 5.75. The lowest BCUT2D eigenvalue weighted by molar-refractivity contribution is 0.343. The van der Waals surface area contributed by atoms with Gasteiger partial charge in [-0.15, -0.1) is 11.8 Å². The van der Waals surface area contributed by atoms with E-state index >= 15 is 0 Å². The maximum Gasteiger partial charge on any atom is 0.119 e. The largest absolute Gasteiger partial charge is 0.493 e. The molecule has 0 bridgehead atoms. The van der Waals surface area contributed by atoms with Crippen LogP contribution >= 0.6 is 11.8 Å². The standard InChI is InChI=1S/C30H28N2OS/c1-3-22(2)23-14-16-26(17-15-23)33-18-19-34-30-28(21-31)27(24-10-6-4-7-11-24)20-29(32-30)25-12-8-5-9-13-25/h4-17,20,22H,3,18-19H2,1-2H3. The van der Waals surface area contributed by atoms with Gasteiger partial charge in [0.2, 0.25) is 0 Å². The summed E-state index contributed by atoms with van der Waals surface area (Å²) in [5.74, 6) is 2.11. The number of rotatable bonds is 9. The minimum Gasteiger partial charge on any atom is -0.493 e. The topological polar surface area (TPSA) is 45.9 Å². The van der Waals surface area contributed by atoms with Crippen molar-refractivity contribution in [1.82, 2.24) is 4.98 Å². The van der Waals surface area contributed by atoms with Gasteiger partial charge in [-0.2, -0.15) is 5.26 Å². The highest BCUT2D eigenvalue weighted by Crippen LogP contribution is 2.34. The van der Waals surface area contributed by atoms with Crippen LogP contribution in [0.4, 0.5) is 0 Å². The molecule has 34 heavy (non-hydrogen) atoms. The molecule has 0 aliphatic heterocycles. The molecule has 4 rings (SSSR count). The van der Waals surface area contributed by atoms with Gasteiger partial charge < -0.3 is 4.74 Å². The van der Waals surface area contributed by atoms with E-state index in [1.807, 2.05) is 78.9 Å². The Balaban J connectivity index is 1.54. The number of nitrogens with zero attached hydrogens (tertiary/aromatic N) is 2. The van der Waals surface area contributed by atoms with E-state index in [0.717, 1.165) is 39.6 Å². The summed E-state index contributed by atoms with van der Waals surface area (Å²) < 4.78 is 5.97. The normalized spacial score (nSPS) is 11.6. The molecule has 0 radical (unpaired) electrons. The fraction of sp³-hybridized carbons (Fsp3) is 0.200. The molecule has 1 atom stereocenters. The molecule has 1 unspecified atom stereocenters. The van der Waals surface area contributed by atoms with Gasteiger partial charge in [0.15, 0.2) is 0 Å². The molecule has 0 saturated carbocycles. The average molecular weight is 465 g/mol. The van der Waals surface area contributed by atoms with Crippen LogP contribution < -0.4 is 4.74 Å². The maximum absolute atomic E-state index is 10.0. The second-order valence-corrected chi connectivity index (χ2v) is 9.24. The second-order valence-electron chi connectivity index (χ2n) is 8.15. The van der Waals surface area contributed by atoms with Gasteiger partial charge in [-0.1, -0.05) is 86.6 Å². The number of benzene rings is 3. The first-order valence-electron chi connectivity index (χ1n) is 11.6. The molecule has 1 aromatic heterocycles. The molecular weight excluding hydrogens is 436 g/mol. The summed E-state index contributed by atoms with van der Waals surface area (Å²) in [7, 11) is 0. The highest BCUT2D eigenvalue weighted by atomic mass is 32.2. The van der Waals surface area contributed by atoms with E-state index in [-0.39, 0.29) is 0 Å². The monoisotopic (exact) mass is 464 g/mol. The predicted octanol–water partition coefficient (Wildman–Crippen LogP) is 7.97. The van der Waals surface area contributed by atoms with Crippen molar-refractivity contribution in [1.29, 1.82) is 5.26 Å². The van der Waals surface area contributed by atoms with E-state index in [9.17, 15) is 5.26 Å². The average Bonchev–Trinajstić information content (AvgIpc) is 2.91. The lowest BCUT2D eigenvalue weighted by atomic mass is 9.99. The summed E-state index contributed by atoms with van der Waals surface area (Å²) in [6.45, 7) is 4.97. The molecule has 4 heteroatoms. The van der Waals surface area contributed by atoms with Crippen LogP contribution in [-0.4, -0.2) is 17.3 Å². The number of thioether (sulfide) groups is 1. The summed E-state index contributed by atoms with van der Waals surface area (Å²) in [6.07, 6.45) is 1.12. The Labute approximate surface area is 206 Å². The number of hydrogen-bond acceptors (Lipinski definition) is 4. The molecule has 0 spiro atoms. The lowest BCUT2D eigenvalue weighted by Gasteiger charge is -2.13. The van der Waals surface area contributed by atoms with Crippen molar-refractivity contribution in [2.45, 2.75) is 31.2 Å². The van der Waals surface area contributed by atoms with E-state index in [1.165, 1.54) is 5.56 Å². The molecule has 0 N–H and O–H groups in total. The number of hydrogen-bond donors (Lipinski definition) is 0. The number of aromatic nitrogens is 1. The number of ether oxygens (including phenoxy) is 1. The fourth-order valence-electron chi connectivity index (χ4n) is 3.76. The van der Waals surface area contributed by atoms with Crippen LogP contribution in [0.3, 0.4) is 0 Å². The third kappa shape index (κ3) is 5.68. The second kappa shape index (κ2) is 11.5. The van der Waals surface area contributed by atoms with Gasteiger partial charge >= 0.3 is 0 Å². The van der Waals surface area contributed by atoms with Crippen LogP contribution in [0.5, 0.6) is 5.75 Å². The van der Waals surface area contributed by atoms with E-state index in [1.54, 1.807) is 11.8 Å². The van der Waals surface area contributed by atoms with Gasteiger partial charge in [0.25, 0.3) is 0 Å². The zero-order valence-electron chi connectivity index (χ0n) is 19.6. The van der Waals surface area contributed by atoms with Crippen LogP contribution in [0.1, 0.15) is 37.3 Å². The molecule has 1 heterocycles. The van der Waals surface area contributed by atoms with Gasteiger partial charge in [0.1, 0.15) is 16.8 Å². The zero-order valence-corrected chi connectivity index (χ0v) is 20.4. The lowest BCUT2D eigenvalue weighted by Crippen LogP contribution is -2.02. The van der Waals surface area contributed by atoms with E-state index < -0.39 is 0 Å². The Kier molecular flexibility index (Phi) is 8.01. The predicted molar refractivity (Wildman–Crippen MR) is 141 cm³/mol. The molecule has 0 saturated heterocycles. The van der Waals surface area contributed by atoms with Crippen LogP contribution in [0.15, 0.2) is 96.0 Å². The smallest absolute Gasteiger partial charge is 0.119 e. The Hall–Kier alpha value is -3.55. The van der Waals surface area contributed by atoms with Crippen molar-refractivity contribution >= 4 is 11.8 Å². The summed E-state index contributed by atoms with van der Waals surface area (Å²) in [6, 6.07) is 32.9. The minimum absolute atomic E-state index is 0.538. The van der Waals surface area contributed by atoms with Crippen molar-refractivity contribution in [3.63, 3.8) is 0 Å².